The SMILES string of the molecule is CC[C@H](C)n1cc(C)c2c(C(=O)NCc3c(C)cc(C)[nH]c3=O)cc(-c3ccc(N4CCN(C(=O)CCCNc5cccc6c5C(=O)N(C5CCC(=O)NC5=O)C6=O)CC4)nc3)cc21. The molecule has 0 bridgehead atoms. The fraction of sp³-hybridized carbons (Fsp3) is 0.375. The topological polar surface area (TPSA) is 199 Å². The van der Waals surface area contributed by atoms with Crippen molar-refractivity contribution in [3.8, 4) is 11.1 Å². The van der Waals surface area contributed by atoms with E-state index in [9.17, 15) is 33.6 Å². The van der Waals surface area contributed by atoms with Gasteiger partial charge in [-0.05, 0) is 106 Å². The molecule has 16 heteroatoms. The van der Waals surface area contributed by atoms with Gasteiger partial charge in [-0.15, -0.1) is 0 Å². The Kier molecular flexibility index (Phi) is 12.2. The van der Waals surface area contributed by atoms with Crippen LogP contribution in [0.3, 0.4) is 0 Å². The van der Waals surface area contributed by atoms with Crippen LogP contribution in [0.4, 0.5) is 11.5 Å². The van der Waals surface area contributed by atoms with Crippen LogP contribution in [0.15, 0.2) is 65.7 Å². The fourth-order valence-electron chi connectivity index (χ4n) is 9.07. The molecule has 2 fully saturated rings. The molecule has 0 aliphatic carbocycles. The predicted molar refractivity (Wildman–Crippen MR) is 242 cm³/mol. The number of nitrogens with zero attached hydrogens (tertiary/aromatic N) is 5. The predicted octanol–water partition coefficient (Wildman–Crippen LogP) is 5.16. The molecule has 64 heavy (non-hydrogen) atoms. The number of carbonyl (C=O) groups is 6. The third-order valence-corrected chi connectivity index (χ3v) is 12.7. The number of fused-ring (bicyclic) bond motifs is 2. The van der Waals surface area contributed by atoms with E-state index in [2.05, 4.69) is 56.5 Å². The van der Waals surface area contributed by atoms with Gasteiger partial charge in [0.2, 0.25) is 17.7 Å². The van der Waals surface area contributed by atoms with E-state index in [1.54, 1.807) is 18.2 Å². The number of aryl methyl sites for hydroxylation is 3. The van der Waals surface area contributed by atoms with Crippen molar-refractivity contribution in [2.24, 2.45) is 0 Å². The van der Waals surface area contributed by atoms with E-state index >= 15 is 0 Å². The average Bonchev–Trinajstić information content (AvgIpc) is 3.75. The van der Waals surface area contributed by atoms with Gasteiger partial charge in [-0.1, -0.05) is 13.0 Å². The van der Waals surface area contributed by atoms with Crippen molar-refractivity contribution >= 4 is 57.9 Å². The number of carbonyl (C=O) groups excluding carboxylic acids is 6. The highest BCUT2D eigenvalue weighted by molar-refractivity contribution is 6.25. The van der Waals surface area contributed by atoms with E-state index < -0.39 is 29.7 Å². The van der Waals surface area contributed by atoms with Crippen molar-refractivity contribution in [2.75, 3.05) is 42.9 Å². The second-order valence-electron chi connectivity index (χ2n) is 17.0. The summed E-state index contributed by atoms with van der Waals surface area (Å²) < 4.78 is 2.22. The second-order valence-corrected chi connectivity index (χ2v) is 17.0. The summed E-state index contributed by atoms with van der Waals surface area (Å²) in [5, 5.41) is 9.31. The van der Waals surface area contributed by atoms with E-state index in [4.69, 9.17) is 4.98 Å². The fourth-order valence-corrected chi connectivity index (χ4v) is 9.07. The summed E-state index contributed by atoms with van der Waals surface area (Å²) in [6.07, 6.45) is 5.74. The van der Waals surface area contributed by atoms with Gasteiger partial charge in [0.15, 0.2) is 0 Å². The number of imide groups is 2. The Labute approximate surface area is 370 Å². The van der Waals surface area contributed by atoms with E-state index in [1.807, 2.05) is 56.1 Å². The van der Waals surface area contributed by atoms with Crippen LogP contribution in [-0.4, -0.2) is 98.5 Å². The Bertz CT molecular complexity index is 2770. The summed E-state index contributed by atoms with van der Waals surface area (Å²) in [7, 11) is 0. The second kappa shape index (κ2) is 17.9. The molecule has 4 N–H and O–H groups in total. The van der Waals surface area contributed by atoms with Crippen LogP contribution < -0.4 is 26.4 Å². The van der Waals surface area contributed by atoms with E-state index in [-0.39, 0.29) is 53.9 Å². The van der Waals surface area contributed by atoms with Gasteiger partial charge in [0, 0.05) is 110 Å². The van der Waals surface area contributed by atoms with Gasteiger partial charge in [-0.2, -0.15) is 0 Å². The molecule has 6 heterocycles. The number of hydrogen-bond donors (Lipinski definition) is 4. The molecule has 0 saturated carbocycles. The zero-order chi connectivity index (χ0) is 45.4. The number of pyridine rings is 2. The van der Waals surface area contributed by atoms with Crippen molar-refractivity contribution in [1.82, 2.24) is 35.0 Å². The number of rotatable bonds is 13. The Hall–Kier alpha value is -7.10. The van der Waals surface area contributed by atoms with E-state index in [0.717, 1.165) is 56.0 Å². The Morgan fingerprint density at radius 3 is 2.41 bits per heavy atom. The quantitative estimate of drug-likeness (QED) is 0.0906. The van der Waals surface area contributed by atoms with Crippen LogP contribution in [0.25, 0.3) is 22.0 Å². The molecule has 3 aliphatic rings. The number of amides is 6. The molecular formula is C48H53N9O7. The van der Waals surface area contributed by atoms with Gasteiger partial charge in [0.05, 0.1) is 11.1 Å². The van der Waals surface area contributed by atoms with Gasteiger partial charge in [0.25, 0.3) is 23.3 Å². The Morgan fingerprint density at radius 1 is 0.922 bits per heavy atom. The van der Waals surface area contributed by atoms with Gasteiger partial charge in [-0.3, -0.25) is 43.8 Å². The molecule has 0 spiro atoms. The van der Waals surface area contributed by atoms with Crippen LogP contribution >= 0.6 is 0 Å². The number of nitrogens with one attached hydrogen (secondary N) is 4. The van der Waals surface area contributed by atoms with Crippen molar-refractivity contribution in [2.45, 2.75) is 85.4 Å². The molecule has 332 valence electrons. The first-order valence-electron chi connectivity index (χ1n) is 21.9. The standard InChI is InChI=1S/C48H53N9O7/c1-6-30(5)56-26-28(3)42-34(44(60)51-25-35-27(2)21-29(4)52-45(35)61)22-32(23-38(42)56)31-12-14-39(50-24-31)54-17-19-55(20-18-54)41(59)11-8-16-49-36-10-7-9-33-43(36)48(64)57(47(33)63)37-13-15-40(58)53-46(37)62/h7,9-10,12,14,21-24,26,30,37,49H,6,8,11,13,15-20,25H2,1-5H3,(H,51,60)(H,52,61)(H,53,58,62)/t30-,37?/m0/s1. The summed E-state index contributed by atoms with van der Waals surface area (Å²) in [6, 6.07) is 14.0. The van der Waals surface area contributed by atoms with Crippen LogP contribution in [0.2, 0.25) is 0 Å². The monoisotopic (exact) mass is 867 g/mol. The molecule has 8 rings (SSSR count). The summed E-state index contributed by atoms with van der Waals surface area (Å²) >= 11 is 0. The lowest BCUT2D eigenvalue weighted by atomic mass is 9.98. The number of H-pyrrole nitrogens is 1. The number of hydrogen-bond acceptors (Lipinski definition) is 10. The Balaban J connectivity index is 0.882. The van der Waals surface area contributed by atoms with Gasteiger partial charge in [-0.25, -0.2) is 4.98 Å². The molecule has 3 aliphatic heterocycles. The lowest BCUT2D eigenvalue weighted by Gasteiger charge is -2.35. The third kappa shape index (κ3) is 8.39. The minimum atomic E-state index is -1.05. The third-order valence-electron chi connectivity index (χ3n) is 12.7. The molecule has 3 aromatic heterocycles. The van der Waals surface area contributed by atoms with Crippen molar-refractivity contribution in [3.63, 3.8) is 0 Å². The lowest BCUT2D eigenvalue weighted by Crippen LogP contribution is -2.54. The smallest absolute Gasteiger partial charge is 0.264 e. The maximum absolute atomic E-state index is 14.0. The van der Waals surface area contributed by atoms with Crippen LogP contribution in [-0.2, 0) is 20.9 Å². The number of piperazine rings is 1. The number of piperidine rings is 1. The summed E-state index contributed by atoms with van der Waals surface area (Å²) in [4.78, 5) is 103. The first-order chi connectivity index (χ1) is 30.7. The normalized spacial score (nSPS) is 16.9. The first-order valence-corrected chi connectivity index (χ1v) is 21.9. The van der Waals surface area contributed by atoms with Gasteiger partial charge >= 0.3 is 0 Å². The van der Waals surface area contributed by atoms with Crippen LogP contribution in [0.1, 0.15) is 105 Å². The first kappa shape index (κ1) is 43.5. The van der Waals surface area contributed by atoms with Crippen molar-refractivity contribution in [1.29, 1.82) is 0 Å². The average molecular weight is 868 g/mol. The number of anilines is 2. The molecule has 6 amide bonds. The maximum Gasteiger partial charge on any atom is 0.264 e. The molecule has 1 unspecified atom stereocenters. The van der Waals surface area contributed by atoms with Gasteiger partial charge < -0.3 is 30.0 Å². The molecular weight excluding hydrogens is 815 g/mol. The minimum absolute atomic E-state index is 0.0201. The molecule has 16 nitrogen and oxygen atoms in total. The molecule has 0 radical (unpaired) electrons. The molecule has 2 saturated heterocycles. The summed E-state index contributed by atoms with van der Waals surface area (Å²) in [5.74, 6) is -1.70. The zero-order valence-electron chi connectivity index (χ0n) is 36.8. The highest BCUT2D eigenvalue weighted by atomic mass is 16.2. The highest BCUT2D eigenvalue weighted by Gasteiger charge is 2.45. The number of aromatic amines is 1. The molecule has 2 atom stereocenters. The molecule has 5 aromatic rings. The maximum atomic E-state index is 14.0. The molecule has 2 aromatic carbocycles. The summed E-state index contributed by atoms with van der Waals surface area (Å²) in [6.45, 7) is 12.8. The number of benzene rings is 2. The minimum Gasteiger partial charge on any atom is -0.384 e. The number of aromatic nitrogens is 3. The van der Waals surface area contributed by atoms with Crippen LogP contribution in [0.5, 0.6) is 0 Å². The van der Waals surface area contributed by atoms with Crippen molar-refractivity contribution < 1.29 is 28.8 Å². The lowest BCUT2D eigenvalue weighted by molar-refractivity contribution is -0.136. The van der Waals surface area contributed by atoms with E-state index in [1.165, 1.54) is 0 Å². The van der Waals surface area contributed by atoms with E-state index in [0.29, 0.717) is 62.4 Å². The Morgan fingerprint density at radius 2 is 1.70 bits per heavy atom. The van der Waals surface area contributed by atoms with Crippen molar-refractivity contribution in [3.05, 3.63) is 110 Å². The van der Waals surface area contributed by atoms with Gasteiger partial charge in [0.1, 0.15) is 11.9 Å². The van der Waals surface area contributed by atoms with Crippen LogP contribution in [0, 0.1) is 20.8 Å². The summed E-state index contributed by atoms with van der Waals surface area (Å²) in [5.41, 5.74) is 6.90. The zero-order valence-corrected chi connectivity index (χ0v) is 36.8. The largest absolute Gasteiger partial charge is 0.384 e. The highest BCUT2D eigenvalue weighted by Crippen LogP contribution is 2.35.